The van der Waals surface area contributed by atoms with E-state index in [4.69, 9.17) is 5.73 Å². The first kappa shape index (κ1) is 12.5. The predicted octanol–water partition coefficient (Wildman–Crippen LogP) is 3.15. The Kier molecular flexibility index (Phi) is 3.45. The van der Waals surface area contributed by atoms with E-state index in [0.29, 0.717) is 0 Å². The first-order chi connectivity index (χ1) is 6.72. The van der Waals surface area contributed by atoms with Crippen molar-refractivity contribution in [1.29, 1.82) is 0 Å². The Morgan fingerprint density at radius 3 is 2.20 bits per heavy atom. The zero-order valence-electron chi connectivity index (χ0n) is 8.37. The van der Waals surface area contributed by atoms with Crippen LogP contribution in [-0.4, -0.2) is 5.54 Å². The van der Waals surface area contributed by atoms with Crippen LogP contribution in [0.1, 0.15) is 19.4 Å². The van der Waals surface area contributed by atoms with Crippen molar-refractivity contribution in [2.75, 3.05) is 0 Å². The number of hydrogen-bond acceptors (Lipinski definition) is 1. The standard InChI is InChI=1S/C10H11BrF3N/c1-10(2,15)4-5-3-6(11)8(13)9(14)7(5)12/h3H,4,15H2,1-2H3. The van der Waals surface area contributed by atoms with E-state index in [1.54, 1.807) is 13.8 Å². The lowest BCUT2D eigenvalue weighted by Gasteiger charge is -2.19. The predicted molar refractivity (Wildman–Crippen MR) is 56.0 cm³/mol. The molecule has 84 valence electrons. The normalized spacial score (nSPS) is 11.9. The third kappa shape index (κ3) is 2.95. The van der Waals surface area contributed by atoms with Crippen molar-refractivity contribution >= 4 is 15.9 Å². The molecule has 1 nitrogen and oxygen atoms in total. The summed E-state index contributed by atoms with van der Waals surface area (Å²) in [6, 6.07) is 1.21. The molecule has 0 radical (unpaired) electrons. The highest BCUT2D eigenvalue weighted by Gasteiger charge is 2.21. The van der Waals surface area contributed by atoms with E-state index in [1.165, 1.54) is 6.07 Å². The molecular formula is C10H11BrF3N. The molecule has 0 aliphatic heterocycles. The van der Waals surface area contributed by atoms with E-state index in [-0.39, 0.29) is 16.5 Å². The van der Waals surface area contributed by atoms with E-state index < -0.39 is 23.0 Å². The van der Waals surface area contributed by atoms with Gasteiger partial charge in [0.15, 0.2) is 17.5 Å². The molecule has 0 unspecified atom stereocenters. The minimum atomic E-state index is -1.47. The molecule has 0 spiro atoms. The zero-order valence-corrected chi connectivity index (χ0v) is 9.96. The molecule has 2 N–H and O–H groups in total. The van der Waals surface area contributed by atoms with Gasteiger partial charge in [-0.25, -0.2) is 13.2 Å². The lowest BCUT2D eigenvalue weighted by Crippen LogP contribution is -2.34. The van der Waals surface area contributed by atoms with Gasteiger partial charge < -0.3 is 5.73 Å². The van der Waals surface area contributed by atoms with Crippen LogP contribution in [0.2, 0.25) is 0 Å². The maximum absolute atomic E-state index is 13.3. The molecule has 0 bridgehead atoms. The second-order valence-corrected chi connectivity index (χ2v) is 4.98. The minimum absolute atomic E-state index is 0.0632. The number of benzene rings is 1. The van der Waals surface area contributed by atoms with Crippen LogP contribution in [0.15, 0.2) is 10.5 Å². The number of nitrogens with two attached hydrogens (primary N) is 1. The first-order valence-corrected chi connectivity index (χ1v) is 5.12. The highest BCUT2D eigenvalue weighted by atomic mass is 79.9. The highest BCUT2D eigenvalue weighted by Crippen LogP contribution is 2.25. The van der Waals surface area contributed by atoms with Gasteiger partial charge in [-0.2, -0.15) is 0 Å². The van der Waals surface area contributed by atoms with E-state index in [9.17, 15) is 13.2 Å². The summed E-state index contributed by atoms with van der Waals surface area (Å²) in [5.41, 5.74) is 5.06. The summed E-state index contributed by atoms with van der Waals surface area (Å²) in [5.74, 6) is -3.86. The van der Waals surface area contributed by atoms with Crippen LogP contribution < -0.4 is 5.73 Å². The number of halogens is 4. The van der Waals surface area contributed by atoms with Crippen LogP contribution in [0, 0.1) is 17.5 Å². The molecule has 1 aromatic rings. The van der Waals surface area contributed by atoms with E-state index in [0.717, 1.165) is 0 Å². The molecule has 0 aromatic heterocycles. The van der Waals surface area contributed by atoms with Gasteiger partial charge in [-0.1, -0.05) is 0 Å². The highest BCUT2D eigenvalue weighted by molar-refractivity contribution is 9.10. The Morgan fingerprint density at radius 1 is 1.20 bits per heavy atom. The maximum atomic E-state index is 13.3. The quantitative estimate of drug-likeness (QED) is 0.654. The third-order valence-corrected chi connectivity index (χ3v) is 2.40. The van der Waals surface area contributed by atoms with Crippen molar-refractivity contribution in [2.45, 2.75) is 25.8 Å². The van der Waals surface area contributed by atoms with Gasteiger partial charge in [0.1, 0.15) is 0 Å². The van der Waals surface area contributed by atoms with Gasteiger partial charge >= 0.3 is 0 Å². The van der Waals surface area contributed by atoms with E-state index in [2.05, 4.69) is 15.9 Å². The van der Waals surface area contributed by atoms with Gasteiger partial charge in [-0.15, -0.1) is 0 Å². The minimum Gasteiger partial charge on any atom is -0.325 e. The molecule has 0 heterocycles. The molecule has 0 aliphatic carbocycles. The molecule has 1 rings (SSSR count). The molecule has 0 atom stereocenters. The van der Waals surface area contributed by atoms with Crippen molar-refractivity contribution in [3.05, 3.63) is 33.6 Å². The Labute approximate surface area is 94.6 Å². The summed E-state index contributed by atoms with van der Waals surface area (Å²) in [5, 5.41) is 0. The molecule has 5 heteroatoms. The summed E-state index contributed by atoms with van der Waals surface area (Å²) in [7, 11) is 0. The Bertz CT molecular complexity index is 385. The Morgan fingerprint density at radius 2 is 1.73 bits per heavy atom. The Hall–Kier alpha value is -0.550. The molecule has 0 fully saturated rings. The van der Waals surface area contributed by atoms with Crippen LogP contribution >= 0.6 is 15.9 Å². The second kappa shape index (κ2) is 4.14. The maximum Gasteiger partial charge on any atom is 0.195 e. The van der Waals surface area contributed by atoms with Crippen LogP contribution in [0.3, 0.4) is 0 Å². The summed E-state index contributed by atoms with van der Waals surface area (Å²) >= 11 is 2.82. The van der Waals surface area contributed by atoms with Crippen LogP contribution in [-0.2, 0) is 6.42 Å². The van der Waals surface area contributed by atoms with Crippen LogP contribution in [0.25, 0.3) is 0 Å². The van der Waals surface area contributed by atoms with Crippen LogP contribution in [0.5, 0.6) is 0 Å². The fraction of sp³-hybridized carbons (Fsp3) is 0.400. The molecule has 0 saturated heterocycles. The van der Waals surface area contributed by atoms with Gasteiger partial charge in [0.2, 0.25) is 0 Å². The molecule has 0 saturated carbocycles. The third-order valence-electron chi connectivity index (χ3n) is 1.82. The molecule has 1 aromatic carbocycles. The van der Waals surface area contributed by atoms with Gasteiger partial charge in [-0.05, 0) is 47.8 Å². The molecular weight excluding hydrogens is 271 g/mol. The second-order valence-electron chi connectivity index (χ2n) is 4.12. The summed E-state index contributed by atoms with van der Waals surface area (Å²) in [6.45, 7) is 3.36. The molecule has 0 amide bonds. The van der Waals surface area contributed by atoms with E-state index in [1.807, 2.05) is 0 Å². The van der Waals surface area contributed by atoms with Crippen molar-refractivity contribution in [2.24, 2.45) is 5.73 Å². The van der Waals surface area contributed by atoms with E-state index >= 15 is 0 Å². The largest absolute Gasteiger partial charge is 0.325 e. The summed E-state index contributed by atoms with van der Waals surface area (Å²) < 4.78 is 39.1. The van der Waals surface area contributed by atoms with Crippen molar-refractivity contribution in [3.8, 4) is 0 Å². The molecule has 0 aliphatic rings. The van der Waals surface area contributed by atoms with Gasteiger partial charge in [-0.3, -0.25) is 0 Å². The SMILES string of the molecule is CC(C)(N)Cc1cc(Br)c(F)c(F)c1F. The van der Waals surface area contributed by atoms with Gasteiger partial charge in [0, 0.05) is 5.54 Å². The summed E-state index contributed by atoms with van der Waals surface area (Å²) in [6.07, 6.45) is 0.134. The van der Waals surface area contributed by atoms with Crippen molar-refractivity contribution in [3.63, 3.8) is 0 Å². The average Bonchev–Trinajstić information content (AvgIpc) is 2.08. The van der Waals surface area contributed by atoms with Crippen molar-refractivity contribution in [1.82, 2.24) is 0 Å². The van der Waals surface area contributed by atoms with Crippen molar-refractivity contribution < 1.29 is 13.2 Å². The fourth-order valence-electron chi connectivity index (χ4n) is 1.24. The monoisotopic (exact) mass is 281 g/mol. The smallest absolute Gasteiger partial charge is 0.195 e. The lowest BCUT2D eigenvalue weighted by molar-refractivity contribution is 0.426. The zero-order chi connectivity index (χ0) is 11.8. The van der Waals surface area contributed by atoms with Crippen LogP contribution in [0.4, 0.5) is 13.2 Å². The average molecular weight is 282 g/mol. The molecule has 15 heavy (non-hydrogen) atoms. The Balaban J connectivity index is 3.21. The number of hydrogen-bond donors (Lipinski definition) is 1. The van der Waals surface area contributed by atoms with Gasteiger partial charge in [0.05, 0.1) is 4.47 Å². The first-order valence-electron chi connectivity index (χ1n) is 4.33. The summed E-state index contributed by atoms with van der Waals surface area (Å²) in [4.78, 5) is 0. The number of rotatable bonds is 2. The van der Waals surface area contributed by atoms with Gasteiger partial charge in [0.25, 0.3) is 0 Å². The fourth-order valence-corrected chi connectivity index (χ4v) is 1.69. The topological polar surface area (TPSA) is 26.0 Å². The lowest BCUT2D eigenvalue weighted by atomic mass is 9.96.